The summed E-state index contributed by atoms with van der Waals surface area (Å²) in [5.74, 6) is -0.715. The Kier molecular flexibility index (Phi) is 4.01. The molecule has 0 aliphatic rings. The zero-order valence-corrected chi connectivity index (χ0v) is 8.18. The minimum Gasteiger partial charge on any atom is -0.481 e. The lowest BCUT2D eigenvalue weighted by atomic mass is 9.80. The number of allylic oxidation sites excluding steroid dienone is 1. The molecule has 0 saturated carbocycles. The quantitative estimate of drug-likeness (QED) is 0.644. The summed E-state index contributed by atoms with van der Waals surface area (Å²) in [5, 5.41) is 8.97. The van der Waals surface area contributed by atoms with Crippen molar-refractivity contribution in [1.82, 2.24) is 0 Å². The number of carboxylic acids is 1. The molecule has 0 amide bonds. The van der Waals surface area contributed by atoms with Crippen LogP contribution in [0.15, 0.2) is 12.2 Å². The summed E-state index contributed by atoms with van der Waals surface area (Å²) in [6.07, 6.45) is 2.20. The molecule has 0 aromatic rings. The van der Waals surface area contributed by atoms with Crippen molar-refractivity contribution in [2.24, 2.45) is 5.41 Å². The molecule has 0 aliphatic heterocycles. The molecule has 0 fully saturated rings. The van der Waals surface area contributed by atoms with Crippen molar-refractivity contribution in [1.29, 1.82) is 0 Å². The first-order valence-corrected chi connectivity index (χ1v) is 4.30. The van der Waals surface area contributed by atoms with Gasteiger partial charge in [-0.2, -0.15) is 0 Å². The number of carbonyl (C=O) groups is 1. The van der Waals surface area contributed by atoms with Crippen molar-refractivity contribution in [3.63, 3.8) is 0 Å². The third kappa shape index (κ3) is 3.07. The highest BCUT2D eigenvalue weighted by Gasteiger charge is 2.31. The summed E-state index contributed by atoms with van der Waals surface area (Å²) < 4.78 is 0. The smallest absolute Gasteiger partial charge is 0.309 e. The first kappa shape index (κ1) is 11.2. The van der Waals surface area contributed by atoms with Crippen LogP contribution in [0.3, 0.4) is 0 Å². The zero-order valence-electron chi connectivity index (χ0n) is 8.18. The topological polar surface area (TPSA) is 37.3 Å². The van der Waals surface area contributed by atoms with Crippen LogP contribution in [-0.4, -0.2) is 11.1 Å². The highest BCUT2D eigenvalue weighted by Crippen LogP contribution is 2.30. The van der Waals surface area contributed by atoms with Gasteiger partial charge < -0.3 is 5.11 Å². The van der Waals surface area contributed by atoms with E-state index in [9.17, 15) is 4.79 Å². The Balaban J connectivity index is 4.38. The predicted octanol–water partition coefficient (Wildman–Crippen LogP) is 2.84. The number of aliphatic carboxylic acids is 1. The Labute approximate surface area is 74.3 Å². The molecule has 1 atom stereocenters. The molecule has 0 aliphatic carbocycles. The molecule has 70 valence electrons. The minimum atomic E-state index is -0.715. The molecule has 1 N–H and O–H groups in total. The standard InChI is InChI=1S/C10H18O2/c1-5-6-10(4,9(11)12)7-8(2)3/h2,5-7H2,1,3-4H3,(H,11,12). The second-order valence-electron chi connectivity index (χ2n) is 3.75. The highest BCUT2D eigenvalue weighted by molar-refractivity contribution is 5.74. The van der Waals surface area contributed by atoms with E-state index in [-0.39, 0.29) is 0 Å². The van der Waals surface area contributed by atoms with E-state index < -0.39 is 11.4 Å². The van der Waals surface area contributed by atoms with E-state index >= 15 is 0 Å². The molecule has 1 unspecified atom stereocenters. The van der Waals surface area contributed by atoms with Gasteiger partial charge in [0.2, 0.25) is 0 Å². The van der Waals surface area contributed by atoms with Gasteiger partial charge >= 0.3 is 5.97 Å². The lowest BCUT2D eigenvalue weighted by Gasteiger charge is -2.24. The average molecular weight is 170 g/mol. The summed E-state index contributed by atoms with van der Waals surface area (Å²) in [6.45, 7) is 9.40. The zero-order chi connectivity index (χ0) is 9.78. The van der Waals surface area contributed by atoms with Crippen LogP contribution in [0.2, 0.25) is 0 Å². The van der Waals surface area contributed by atoms with Crippen molar-refractivity contribution in [3.8, 4) is 0 Å². The second kappa shape index (κ2) is 4.29. The molecule has 2 nitrogen and oxygen atoms in total. The monoisotopic (exact) mass is 170 g/mol. The van der Waals surface area contributed by atoms with E-state index in [1.807, 2.05) is 13.8 Å². The van der Waals surface area contributed by atoms with Gasteiger partial charge in [-0.1, -0.05) is 18.9 Å². The fourth-order valence-electron chi connectivity index (χ4n) is 1.49. The Morgan fingerprint density at radius 3 is 2.33 bits per heavy atom. The predicted molar refractivity (Wildman–Crippen MR) is 50.1 cm³/mol. The van der Waals surface area contributed by atoms with E-state index in [1.54, 1.807) is 6.92 Å². The fourth-order valence-corrected chi connectivity index (χ4v) is 1.49. The van der Waals surface area contributed by atoms with Crippen molar-refractivity contribution >= 4 is 5.97 Å². The molecular weight excluding hydrogens is 152 g/mol. The largest absolute Gasteiger partial charge is 0.481 e. The third-order valence-electron chi connectivity index (χ3n) is 2.01. The van der Waals surface area contributed by atoms with E-state index in [4.69, 9.17) is 5.11 Å². The molecule has 2 heteroatoms. The summed E-state index contributed by atoms with van der Waals surface area (Å²) in [6, 6.07) is 0. The molecule has 0 radical (unpaired) electrons. The van der Waals surface area contributed by atoms with Crippen LogP contribution in [0.4, 0.5) is 0 Å². The van der Waals surface area contributed by atoms with E-state index in [2.05, 4.69) is 6.58 Å². The number of hydrogen-bond donors (Lipinski definition) is 1. The van der Waals surface area contributed by atoms with Crippen molar-refractivity contribution in [2.45, 2.75) is 40.0 Å². The van der Waals surface area contributed by atoms with Gasteiger partial charge in [-0.3, -0.25) is 4.79 Å². The Hall–Kier alpha value is -0.790. The van der Waals surface area contributed by atoms with Gasteiger partial charge in [-0.25, -0.2) is 0 Å². The highest BCUT2D eigenvalue weighted by atomic mass is 16.4. The third-order valence-corrected chi connectivity index (χ3v) is 2.01. The van der Waals surface area contributed by atoms with Gasteiger partial charge in [0.05, 0.1) is 5.41 Å². The molecule has 12 heavy (non-hydrogen) atoms. The average Bonchev–Trinajstić information content (AvgIpc) is 1.85. The maximum absolute atomic E-state index is 10.9. The van der Waals surface area contributed by atoms with Crippen LogP contribution in [-0.2, 0) is 4.79 Å². The summed E-state index contributed by atoms with van der Waals surface area (Å²) >= 11 is 0. The molecular formula is C10H18O2. The Morgan fingerprint density at radius 2 is 2.08 bits per heavy atom. The first-order valence-electron chi connectivity index (χ1n) is 4.30. The van der Waals surface area contributed by atoms with Crippen LogP contribution >= 0.6 is 0 Å². The number of hydrogen-bond acceptors (Lipinski definition) is 1. The van der Waals surface area contributed by atoms with E-state index in [0.717, 1.165) is 18.4 Å². The van der Waals surface area contributed by atoms with Gasteiger partial charge in [0.25, 0.3) is 0 Å². The summed E-state index contributed by atoms with van der Waals surface area (Å²) in [4.78, 5) is 10.9. The molecule has 0 aromatic carbocycles. The Morgan fingerprint density at radius 1 is 1.58 bits per heavy atom. The van der Waals surface area contributed by atoms with E-state index in [1.165, 1.54) is 0 Å². The molecule has 0 spiro atoms. The summed E-state index contributed by atoms with van der Waals surface area (Å²) in [5.41, 5.74) is 0.328. The number of rotatable bonds is 5. The van der Waals surface area contributed by atoms with Crippen LogP contribution in [0.5, 0.6) is 0 Å². The van der Waals surface area contributed by atoms with Gasteiger partial charge in [-0.05, 0) is 26.7 Å². The SMILES string of the molecule is C=C(C)CC(C)(CCC)C(=O)O. The minimum absolute atomic E-state index is 0.580. The van der Waals surface area contributed by atoms with Crippen LogP contribution in [0.25, 0.3) is 0 Å². The van der Waals surface area contributed by atoms with Gasteiger partial charge in [0.15, 0.2) is 0 Å². The van der Waals surface area contributed by atoms with Crippen LogP contribution in [0.1, 0.15) is 40.0 Å². The van der Waals surface area contributed by atoms with Gasteiger partial charge in [-0.15, -0.1) is 6.58 Å². The second-order valence-corrected chi connectivity index (χ2v) is 3.75. The molecule has 0 heterocycles. The molecule has 0 rings (SSSR count). The summed E-state index contributed by atoms with van der Waals surface area (Å²) in [7, 11) is 0. The van der Waals surface area contributed by atoms with Gasteiger partial charge in [0.1, 0.15) is 0 Å². The lowest BCUT2D eigenvalue weighted by molar-refractivity contribution is -0.148. The lowest BCUT2D eigenvalue weighted by Crippen LogP contribution is -2.27. The molecule has 0 bridgehead atoms. The molecule has 0 aromatic heterocycles. The van der Waals surface area contributed by atoms with E-state index in [0.29, 0.717) is 6.42 Å². The normalized spacial score (nSPS) is 15.2. The van der Waals surface area contributed by atoms with Gasteiger partial charge in [0, 0.05) is 0 Å². The van der Waals surface area contributed by atoms with Crippen LogP contribution < -0.4 is 0 Å². The fraction of sp³-hybridized carbons (Fsp3) is 0.700. The maximum Gasteiger partial charge on any atom is 0.309 e. The number of carboxylic acid groups (broad SMARTS) is 1. The van der Waals surface area contributed by atoms with Crippen molar-refractivity contribution in [3.05, 3.63) is 12.2 Å². The van der Waals surface area contributed by atoms with Crippen molar-refractivity contribution < 1.29 is 9.90 Å². The van der Waals surface area contributed by atoms with Crippen molar-refractivity contribution in [2.75, 3.05) is 0 Å². The van der Waals surface area contributed by atoms with Crippen LogP contribution in [0, 0.1) is 5.41 Å². The maximum atomic E-state index is 10.9. The Bertz CT molecular complexity index is 184. The molecule has 0 saturated heterocycles. The first-order chi connectivity index (χ1) is 5.42.